The first-order valence-corrected chi connectivity index (χ1v) is 27.3. The van der Waals surface area contributed by atoms with E-state index < -0.39 is 6.10 Å². The van der Waals surface area contributed by atoms with Crippen LogP contribution in [0.25, 0.3) is 0 Å². The highest BCUT2D eigenvalue weighted by molar-refractivity contribution is 5.71. The Balaban J connectivity index is 4.09. The molecule has 6 nitrogen and oxygen atoms in total. The van der Waals surface area contributed by atoms with Crippen molar-refractivity contribution in [3.63, 3.8) is 0 Å². The molecule has 0 amide bonds. The summed E-state index contributed by atoms with van der Waals surface area (Å²) in [6, 6.07) is 0. The Hall–Kier alpha value is -2.11. The van der Waals surface area contributed by atoms with Crippen LogP contribution in [0.5, 0.6) is 0 Å². The Kier molecular flexibility index (Phi) is 49.8. The van der Waals surface area contributed by atoms with Crippen LogP contribution in [0.3, 0.4) is 0 Å². The molecule has 364 valence electrons. The first kappa shape index (κ1) is 59.9. The monoisotopic (exact) mass is 873 g/mol. The topological polar surface area (TPSA) is 78.9 Å². The highest BCUT2D eigenvalue weighted by atomic mass is 16.6. The van der Waals surface area contributed by atoms with Crippen LogP contribution in [0.15, 0.2) is 24.3 Å². The van der Waals surface area contributed by atoms with Crippen molar-refractivity contribution in [2.45, 2.75) is 303 Å². The Morgan fingerprint density at radius 1 is 0.323 bits per heavy atom. The van der Waals surface area contributed by atoms with Crippen molar-refractivity contribution in [1.29, 1.82) is 0 Å². The third kappa shape index (κ3) is 48.9. The van der Waals surface area contributed by atoms with Gasteiger partial charge in [0.05, 0.1) is 0 Å². The van der Waals surface area contributed by atoms with Gasteiger partial charge in [-0.2, -0.15) is 0 Å². The molecular formula is C56H104O6. The van der Waals surface area contributed by atoms with Gasteiger partial charge in [0.15, 0.2) is 6.10 Å². The number of unbranched alkanes of at least 4 members (excludes halogenated alkanes) is 35. The molecule has 62 heavy (non-hydrogen) atoms. The Morgan fingerprint density at radius 3 is 0.919 bits per heavy atom. The average Bonchev–Trinajstić information content (AvgIpc) is 3.27. The fourth-order valence-corrected chi connectivity index (χ4v) is 8.06. The average molecular weight is 873 g/mol. The summed E-state index contributed by atoms with van der Waals surface area (Å²) in [5.41, 5.74) is 0. The molecule has 0 saturated carbocycles. The van der Waals surface area contributed by atoms with Crippen molar-refractivity contribution in [2.24, 2.45) is 0 Å². The summed E-state index contributed by atoms with van der Waals surface area (Å²) in [6.07, 6.45) is 59.2. The van der Waals surface area contributed by atoms with Gasteiger partial charge in [0.1, 0.15) is 13.2 Å². The minimum atomic E-state index is -0.766. The van der Waals surface area contributed by atoms with Crippen molar-refractivity contribution < 1.29 is 28.6 Å². The fraction of sp³-hybridized carbons (Fsp3) is 0.875. The van der Waals surface area contributed by atoms with Gasteiger partial charge < -0.3 is 14.2 Å². The second-order valence-electron chi connectivity index (χ2n) is 18.5. The zero-order chi connectivity index (χ0) is 45.1. The molecule has 0 aromatic heterocycles. The zero-order valence-corrected chi connectivity index (χ0v) is 41.7. The number of ether oxygens (including phenoxy) is 3. The van der Waals surface area contributed by atoms with Gasteiger partial charge in [-0.25, -0.2) is 0 Å². The van der Waals surface area contributed by atoms with Crippen LogP contribution in [-0.4, -0.2) is 37.2 Å². The molecule has 0 spiro atoms. The van der Waals surface area contributed by atoms with Gasteiger partial charge in [0.25, 0.3) is 0 Å². The standard InChI is InChI=1S/C56H104O6/c1-4-7-10-13-15-17-19-21-23-25-27-29-30-32-34-36-38-40-43-46-49-55(58)61-52-53(51-60-54(57)48-45-42-12-9-6-3)62-56(59)50-47-44-41-39-37-35-33-31-28-26-24-22-20-18-16-14-11-8-5-2/h16,18,22,24,53H,4-15,17,19-21,23,25-52H2,1-3H3/b18-16-,24-22-. The van der Waals surface area contributed by atoms with Gasteiger partial charge >= 0.3 is 17.9 Å². The van der Waals surface area contributed by atoms with E-state index in [2.05, 4.69) is 45.1 Å². The molecule has 0 fully saturated rings. The van der Waals surface area contributed by atoms with Gasteiger partial charge in [0, 0.05) is 19.3 Å². The van der Waals surface area contributed by atoms with Crippen molar-refractivity contribution in [1.82, 2.24) is 0 Å². The quantitative estimate of drug-likeness (QED) is 0.0262. The number of hydrogen-bond acceptors (Lipinski definition) is 6. The van der Waals surface area contributed by atoms with E-state index in [9.17, 15) is 14.4 Å². The zero-order valence-electron chi connectivity index (χ0n) is 41.7. The van der Waals surface area contributed by atoms with Crippen LogP contribution in [-0.2, 0) is 28.6 Å². The largest absolute Gasteiger partial charge is 0.462 e. The van der Waals surface area contributed by atoms with Crippen molar-refractivity contribution >= 4 is 17.9 Å². The van der Waals surface area contributed by atoms with E-state index in [1.54, 1.807) is 0 Å². The van der Waals surface area contributed by atoms with Gasteiger partial charge in [-0.1, -0.05) is 251 Å². The van der Waals surface area contributed by atoms with E-state index >= 15 is 0 Å². The molecule has 0 bridgehead atoms. The highest BCUT2D eigenvalue weighted by Gasteiger charge is 2.19. The Bertz CT molecular complexity index is 1000. The van der Waals surface area contributed by atoms with E-state index in [0.29, 0.717) is 19.3 Å². The van der Waals surface area contributed by atoms with Crippen molar-refractivity contribution in [3.8, 4) is 0 Å². The van der Waals surface area contributed by atoms with Crippen LogP contribution in [0.1, 0.15) is 297 Å². The molecule has 1 unspecified atom stereocenters. The number of esters is 3. The second-order valence-corrected chi connectivity index (χ2v) is 18.5. The van der Waals surface area contributed by atoms with Crippen LogP contribution >= 0.6 is 0 Å². The molecule has 0 aliphatic rings. The maximum atomic E-state index is 12.8. The van der Waals surface area contributed by atoms with Crippen LogP contribution in [0.2, 0.25) is 0 Å². The van der Waals surface area contributed by atoms with E-state index in [4.69, 9.17) is 14.2 Å². The number of allylic oxidation sites excluding steroid dienone is 4. The van der Waals surface area contributed by atoms with Crippen LogP contribution < -0.4 is 0 Å². The number of carbonyl (C=O) groups excluding carboxylic acids is 3. The molecule has 0 aliphatic heterocycles. The first-order valence-electron chi connectivity index (χ1n) is 27.3. The van der Waals surface area contributed by atoms with E-state index in [0.717, 1.165) is 70.6 Å². The number of rotatable bonds is 50. The lowest BCUT2D eigenvalue weighted by Gasteiger charge is -2.18. The molecular weight excluding hydrogens is 769 g/mol. The minimum absolute atomic E-state index is 0.0691. The molecule has 0 rings (SSSR count). The summed E-state index contributed by atoms with van der Waals surface area (Å²) >= 11 is 0. The summed E-state index contributed by atoms with van der Waals surface area (Å²) < 4.78 is 16.7. The molecule has 0 heterocycles. The number of carbonyl (C=O) groups is 3. The smallest absolute Gasteiger partial charge is 0.306 e. The van der Waals surface area contributed by atoms with Crippen LogP contribution in [0, 0.1) is 0 Å². The molecule has 0 aliphatic carbocycles. The predicted octanol–water partition coefficient (Wildman–Crippen LogP) is 17.9. The first-order chi connectivity index (χ1) is 30.5. The third-order valence-electron chi connectivity index (χ3n) is 12.2. The van der Waals surface area contributed by atoms with Gasteiger partial charge in [0.2, 0.25) is 0 Å². The van der Waals surface area contributed by atoms with Gasteiger partial charge in [-0.05, 0) is 51.4 Å². The maximum Gasteiger partial charge on any atom is 0.306 e. The summed E-state index contributed by atoms with van der Waals surface area (Å²) in [5, 5.41) is 0. The van der Waals surface area contributed by atoms with Gasteiger partial charge in [-0.15, -0.1) is 0 Å². The van der Waals surface area contributed by atoms with E-state index in [-0.39, 0.29) is 31.1 Å². The SMILES string of the molecule is CCCCC/C=C\C/C=C\CCCCCCCCCCCC(=O)OC(COC(=O)CCCCCCC)COC(=O)CCCCCCCCCCCCCCCCCCCCCC. The lowest BCUT2D eigenvalue weighted by molar-refractivity contribution is -0.167. The van der Waals surface area contributed by atoms with Crippen molar-refractivity contribution in [2.75, 3.05) is 13.2 Å². The number of hydrogen-bond donors (Lipinski definition) is 0. The van der Waals surface area contributed by atoms with Crippen LogP contribution in [0.4, 0.5) is 0 Å². The van der Waals surface area contributed by atoms with E-state index in [1.807, 2.05) is 0 Å². The maximum absolute atomic E-state index is 12.8. The molecule has 0 aromatic carbocycles. The lowest BCUT2D eigenvalue weighted by atomic mass is 10.0. The third-order valence-corrected chi connectivity index (χ3v) is 12.2. The molecule has 6 heteroatoms. The lowest BCUT2D eigenvalue weighted by Crippen LogP contribution is -2.30. The summed E-state index contributed by atoms with van der Waals surface area (Å²) in [4.78, 5) is 37.7. The second kappa shape index (κ2) is 51.5. The van der Waals surface area contributed by atoms with Gasteiger partial charge in [-0.3, -0.25) is 14.4 Å². The fourth-order valence-electron chi connectivity index (χ4n) is 8.06. The van der Waals surface area contributed by atoms with E-state index in [1.165, 1.54) is 186 Å². The Morgan fingerprint density at radius 2 is 0.581 bits per heavy atom. The highest BCUT2D eigenvalue weighted by Crippen LogP contribution is 2.17. The van der Waals surface area contributed by atoms with Crippen molar-refractivity contribution in [3.05, 3.63) is 24.3 Å². The normalized spacial score (nSPS) is 12.1. The summed E-state index contributed by atoms with van der Waals surface area (Å²) in [7, 11) is 0. The minimum Gasteiger partial charge on any atom is -0.462 e. The molecule has 0 saturated heterocycles. The molecule has 0 aromatic rings. The molecule has 1 atom stereocenters. The molecule has 0 N–H and O–H groups in total. The summed E-state index contributed by atoms with van der Waals surface area (Å²) in [5.74, 6) is -0.872. The Labute approximate surface area is 385 Å². The molecule has 0 radical (unpaired) electrons. The predicted molar refractivity (Wildman–Crippen MR) is 266 cm³/mol. The summed E-state index contributed by atoms with van der Waals surface area (Å²) in [6.45, 7) is 6.57.